The van der Waals surface area contributed by atoms with E-state index in [-0.39, 0.29) is 25.0 Å². The number of hydrogen-bond acceptors (Lipinski definition) is 3. The van der Waals surface area contributed by atoms with E-state index in [9.17, 15) is 4.79 Å². The summed E-state index contributed by atoms with van der Waals surface area (Å²) in [5, 5.41) is 2.68. The van der Waals surface area contributed by atoms with Crippen molar-refractivity contribution in [2.75, 3.05) is 6.61 Å². The molecule has 0 saturated heterocycles. The molecule has 0 fully saturated rings. The van der Waals surface area contributed by atoms with E-state index in [4.69, 9.17) is 9.47 Å². The van der Waals surface area contributed by atoms with Gasteiger partial charge in [-0.25, -0.2) is 4.79 Å². The van der Waals surface area contributed by atoms with Crippen molar-refractivity contribution in [3.63, 3.8) is 0 Å². The highest BCUT2D eigenvalue weighted by atomic mass is 16.6. The van der Waals surface area contributed by atoms with Crippen LogP contribution in [0.3, 0.4) is 0 Å². The molecule has 6 heteroatoms. The molecule has 16 heavy (non-hydrogen) atoms. The van der Waals surface area contributed by atoms with Gasteiger partial charge >= 0.3 is 6.09 Å². The van der Waals surface area contributed by atoms with E-state index in [1.54, 1.807) is 0 Å². The number of hydrogen-bond donors (Lipinski definition) is 1. The van der Waals surface area contributed by atoms with Crippen LogP contribution >= 0.6 is 0 Å². The molecule has 2 unspecified atom stereocenters. The fourth-order valence-corrected chi connectivity index (χ4v) is 1.06. The predicted molar refractivity (Wildman–Crippen MR) is 69.6 cm³/mol. The van der Waals surface area contributed by atoms with E-state index in [1.807, 2.05) is 27.5 Å². The minimum Gasteiger partial charge on any atom is -0.447 e. The first-order valence-electron chi connectivity index (χ1n) is 6.04. The quantitative estimate of drug-likeness (QED) is 0.671. The second-order valence-corrected chi connectivity index (χ2v) is 4.39. The molecule has 0 aliphatic rings. The van der Waals surface area contributed by atoms with Gasteiger partial charge in [0.05, 0.1) is 0 Å². The van der Waals surface area contributed by atoms with Crippen LogP contribution in [0.2, 0.25) is 20.5 Å². The van der Waals surface area contributed by atoms with Crippen LogP contribution in [0.15, 0.2) is 0 Å². The molecule has 0 aromatic carbocycles. The van der Waals surface area contributed by atoms with Gasteiger partial charge in [-0.05, 0) is 13.8 Å². The minimum atomic E-state index is -0.356. The molecule has 4 nitrogen and oxygen atoms in total. The Hall–Kier alpha value is -0.640. The first-order chi connectivity index (χ1) is 7.45. The average Bonchev–Trinajstić information content (AvgIpc) is 2.15. The average molecular weight is 227 g/mol. The lowest BCUT2D eigenvalue weighted by Gasteiger charge is -2.16. The van der Waals surface area contributed by atoms with Gasteiger partial charge in [0.15, 0.2) is 7.28 Å². The first-order valence-corrected chi connectivity index (χ1v) is 6.04. The van der Waals surface area contributed by atoms with E-state index >= 15 is 0 Å². The second-order valence-electron chi connectivity index (χ2n) is 4.39. The van der Waals surface area contributed by atoms with Gasteiger partial charge in [-0.15, -0.1) is 0 Å². The smallest absolute Gasteiger partial charge is 0.395 e. The van der Waals surface area contributed by atoms with Crippen molar-refractivity contribution in [1.82, 2.24) is 5.23 Å². The Kier molecular flexibility index (Phi) is 8.16. The number of carbonyl (C=O) groups excluding carboxylic acids is 1. The largest absolute Gasteiger partial charge is 0.447 e. The molecule has 0 aliphatic carbocycles. The molecule has 0 heterocycles. The maximum Gasteiger partial charge on any atom is 0.395 e. The fraction of sp³-hybridized carbons (Fsp3) is 0.900. The number of rotatable bonds is 7. The summed E-state index contributed by atoms with van der Waals surface area (Å²) in [6.45, 7) is 10.5. The van der Waals surface area contributed by atoms with Gasteiger partial charge in [0.1, 0.15) is 6.10 Å². The Labute approximate surface area is 99.8 Å². The molecule has 0 saturated carbocycles. The minimum absolute atomic E-state index is 0.107. The molecule has 92 valence electrons. The van der Waals surface area contributed by atoms with E-state index in [0.29, 0.717) is 6.61 Å². The Bertz CT molecular complexity index is 203. The number of nitrogens with one attached hydrogen (secondary N) is 1. The summed E-state index contributed by atoms with van der Waals surface area (Å²) >= 11 is 0. The van der Waals surface area contributed by atoms with Gasteiger partial charge in [0, 0.05) is 19.0 Å². The van der Waals surface area contributed by atoms with Crippen LogP contribution in [-0.4, -0.2) is 38.9 Å². The van der Waals surface area contributed by atoms with Crippen molar-refractivity contribution < 1.29 is 14.3 Å². The zero-order valence-corrected chi connectivity index (χ0v) is 11.1. The summed E-state index contributed by atoms with van der Waals surface area (Å²) in [5.41, 5.74) is 0. The Morgan fingerprint density at radius 1 is 1.44 bits per heavy atom. The van der Waals surface area contributed by atoms with Crippen LogP contribution in [0.1, 0.15) is 20.3 Å². The van der Waals surface area contributed by atoms with Gasteiger partial charge in [-0.3, -0.25) is 0 Å². The van der Waals surface area contributed by atoms with Crippen LogP contribution in [-0.2, 0) is 9.47 Å². The number of amides is 1. The molecule has 0 aromatic heterocycles. The lowest BCUT2D eigenvalue weighted by Crippen LogP contribution is -2.36. The molecule has 2 atom stereocenters. The monoisotopic (exact) mass is 227 g/mol. The van der Waals surface area contributed by atoms with Gasteiger partial charge in [-0.2, -0.15) is 0 Å². The molecule has 0 bridgehead atoms. The second kappa shape index (κ2) is 8.50. The molecule has 0 rings (SSSR count). The lowest BCUT2D eigenvalue weighted by molar-refractivity contribution is 0.0618. The van der Waals surface area contributed by atoms with Crippen LogP contribution in [0.5, 0.6) is 0 Å². The maximum atomic E-state index is 11.2. The first kappa shape index (κ1) is 15.4. The van der Waals surface area contributed by atoms with Gasteiger partial charge in [0.2, 0.25) is 0 Å². The topological polar surface area (TPSA) is 47.6 Å². The zero-order chi connectivity index (χ0) is 12.6. The van der Waals surface area contributed by atoms with Gasteiger partial charge < -0.3 is 14.7 Å². The van der Waals surface area contributed by atoms with Crippen molar-refractivity contribution in [3.05, 3.63) is 0 Å². The summed E-state index contributed by atoms with van der Waals surface area (Å²) in [7, 11) is 1.00. The zero-order valence-electron chi connectivity index (χ0n) is 11.1. The van der Waals surface area contributed by atoms with Crippen molar-refractivity contribution in [2.24, 2.45) is 0 Å². The molecule has 0 aliphatic heterocycles. The Morgan fingerprint density at radius 2 is 2.06 bits per heavy atom. The lowest BCUT2D eigenvalue weighted by atomic mass is 9.69. The van der Waals surface area contributed by atoms with Gasteiger partial charge in [-0.1, -0.05) is 20.5 Å². The van der Waals surface area contributed by atoms with Crippen LogP contribution in [0, 0.1) is 0 Å². The van der Waals surface area contributed by atoms with E-state index in [2.05, 4.69) is 12.1 Å². The van der Waals surface area contributed by atoms with Crippen LogP contribution in [0.25, 0.3) is 0 Å². The summed E-state index contributed by atoms with van der Waals surface area (Å²) in [6, 6.07) is 0.275. The molecule has 0 spiro atoms. The van der Waals surface area contributed by atoms with Crippen molar-refractivity contribution >= 4 is 20.2 Å². The summed E-state index contributed by atoms with van der Waals surface area (Å²) in [6.07, 6.45) is 0.268. The fourth-order valence-electron chi connectivity index (χ4n) is 1.06. The van der Waals surface area contributed by atoms with Crippen LogP contribution in [0.4, 0.5) is 4.79 Å². The van der Waals surface area contributed by atoms with Crippen molar-refractivity contribution in [2.45, 2.75) is 52.8 Å². The third kappa shape index (κ3) is 8.65. The molecule has 0 radical (unpaired) electrons. The highest BCUT2D eigenvalue weighted by molar-refractivity contribution is 6.55. The summed E-state index contributed by atoms with van der Waals surface area (Å²) in [4.78, 5) is 11.2. The number of carbonyl (C=O) groups is 1. The van der Waals surface area contributed by atoms with E-state index in [0.717, 1.165) is 13.7 Å². The molecule has 1 N–H and O–H groups in total. The van der Waals surface area contributed by atoms with E-state index in [1.165, 1.54) is 0 Å². The highest BCUT2D eigenvalue weighted by Gasteiger charge is 2.11. The summed E-state index contributed by atoms with van der Waals surface area (Å²) < 4.78 is 10.7. The summed E-state index contributed by atoms with van der Waals surface area (Å²) in [5.74, 6) is 0. The SMILES string of the molecule is CBC(C)OCCC(C)OC(=O)NB(C)C. The predicted octanol–water partition coefficient (Wildman–Crippen LogP) is 1.59. The van der Waals surface area contributed by atoms with Gasteiger partial charge in [0.25, 0.3) is 6.85 Å². The molecular weight excluding hydrogens is 204 g/mol. The standard InChI is InChI=1S/C10H23B2NO3/c1-8(6-7-15-9(2)11-3)16-10(14)13-12(4)5/h8-9,11H,6-7H2,1-5H3,(H,13,14). The normalized spacial score (nSPS) is 13.8. The Morgan fingerprint density at radius 3 is 2.56 bits per heavy atom. The van der Waals surface area contributed by atoms with Crippen molar-refractivity contribution in [1.29, 1.82) is 0 Å². The van der Waals surface area contributed by atoms with Crippen molar-refractivity contribution in [3.8, 4) is 0 Å². The maximum absolute atomic E-state index is 11.2. The Balaban J connectivity index is 3.58. The number of ether oxygens (including phenoxy) is 2. The molecule has 1 amide bonds. The van der Waals surface area contributed by atoms with E-state index < -0.39 is 0 Å². The third-order valence-electron chi connectivity index (χ3n) is 2.22. The van der Waals surface area contributed by atoms with Crippen LogP contribution < -0.4 is 5.23 Å². The molecular formula is C10H23B2NO3. The third-order valence-corrected chi connectivity index (χ3v) is 2.22. The molecule has 0 aromatic rings. The highest BCUT2D eigenvalue weighted by Crippen LogP contribution is 2.00.